The van der Waals surface area contributed by atoms with Crippen molar-refractivity contribution < 1.29 is 9.47 Å². The van der Waals surface area contributed by atoms with E-state index in [0.717, 1.165) is 48.3 Å². The molecule has 4 nitrogen and oxygen atoms in total. The predicted molar refractivity (Wildman–Crippen MR) is 79.6 cm³/mol. The third kappa shape index (κ3) is 2.97. The Morgan fingerprint density at radius 1 is 1.32 bits per heavy atom. The highest BCUT2D eigenvalue weighted by molar-refractivity contribution is 8.15. The Morgan fingerprint density at radius 3 is 2.95 bits per heavy atom. The van der Waals surface area contributed by atoms with Crippen LogP contribution >= 0.6 is 11.8 Å². The Bertz CT molecular complexity index is 490. The largest absolute Gasteiger partial charge is 0.490 e. The molecule has 0 bridgehead atoms. The quantitative estimate of drug-likeness (QED) is 0.902. The van der Waals surface area contributed by atoms with Crippen LogP contribution in [0.5, 0.6) is 11.5 Å². The highest BCUT2D eigenvalue weighted by Crippen LogP contribution is 2.33. The normalized spacial score (nSPS) is 21.7. The molecule has 102 valence electrons. The van der Waals surface area contributed by atoms with E-state index in [2.05, 4.69) is 17.2 Å². The third-order valence-corrected chi connectivity index (χ3v) is 4.44. The van der Waals surface area contributed by atoms with Crippen LogP contribution in [0.15, 0.2) is 23.2 Å². The molecule has 1 atom stereocenters. The van der Waals surface area contributed by atoms with Crippen LogP contribution in [0.3, 0.4) is 0 Å². The summed E-state index contributed by atoms with van der Waals surface area (Å²) >= 11 is 1.81. The summed E-state index contributed by atoms with van der Waals surface area (Å²) in [4.78, 5) is 4.51. The van der Waals surface area contributed by atoms with E-state index in [0.29, 0.717) is 11.9 Å². The van der Waals surface area contributed by atoms with Crippen LogP contribution in [0.4, 0.5) is 5.69 Å². The maximum atomic E-state index is 5.68. The molecular weight excluding hydrogens is 260 g/mol. The number of fused-ring (bicyclic) bond motifs is 1. The summed E-state index contributed by atoms with van der Waals surface area (Å²) in [5.74, 6) is 1.65. The minimum atomic E-state index is 0.614. The van der Waals surface area contributed by atoms with Gasteiger partial charge in [-0.1, -0.05) is 18.7 Å². The van der Waals surface area contributed by atoms with Gasteiger partial charge in [-0.2, -0.15) is 0 Å². The summed E-state index contributed by atoms with van der Waals surface area (Å²) in [5, 5.41) is 4.97. The molecule has 1 unspecified atom stereocenters. The SMILES string of the molecule is CCC1CN=C(Nc2ccc3c(c2)OCCCO3)S1. The molecular formula is C14H18N2O2S. The van der Waals surface area contributed by atoms with E-state index >= 15 is 0 Å². The second kappa shape index (κ2) is 5.74. The Labute approximate surface area is 117 Å². The molecule has 2 aliphatic heterocycles. The number of ether oxygens (including phenoxy) is 2. The molecule has 0 saturated heterocycles. The molecule has 0 aromatic heterocycles. The summed E-state index contributed by atoms with van der Waals surface area (Å²) in [6.45, 7) is 4.54. The average Bonchev–Trinajstić information content (AvgIpc) is 2.75. The van der Waals surface area contributed by atoms with E-state index in [1.54, 1.807) is 0 Å². The van der Waals surface area contributed by atoms with Crippen molar-refractivity contribution in [3.8, 4) is 11.5 Å². The van der Waals surface area contributed by atoms with Crippen LogP contribution in [-0.4, -0.2) is 30.2 Å². The zero-order chi connectivity index (χ0) is 13.1. The van der Waals surface area contributed by atoms with Crippen molar-refractivity contribution in [2.75, 3.05) is 25.1 Å². The highest BCUT2D eigenvalue weighted by atomic mass is 32.2. The summed E-state index contributed by atoms with van der Waals surface area (Å²) < 4.78 is 11.3. The van der Waals surface area contributed by atoms with Crippen LogP contribution in [0.25, 0.3) is 0 Å². The second-order valence-electron chi connectivity index (χ2n) is 4.63. The molecule has 1 N–H and O–H groups in total. The van der Waals surface area contributed by atoms with Crippen LogP contribution < -0.4 is 14.8 Å². The minimum Gasteiger partial charge on any atom is -0.490 e. The third-order valence-electron chi connectivity index (χ3n) is 3.17. The number of nitrogens with zero attached hydrogens (tertiary/aromatic N) is 1. The number of rotatable bonds is 2. The van der Waals surface area contributed by atoms with E-state index in [4.69, 9.17) is 9.47 Å². The number of hydrogen-bond acceptors (Lipinski definition) is 5. The first-order valence-electron chi connectivity index (χ1n) is 6.73. The highest BCUT2D eigenvalue weighted by Gasteiger charge is 2.18. The molecule has 0 amide bonds. The summed E-state index contributed by atoms with van der Waals surface area (Å²) in [6, 6.07) is 5.96. The average molecular weight is 278 g/mol. The molecule has 2 heterocycles. The van der Waals surface area contributed by atoms with Crippen molar-refractivity contribution >= 4 is 22.6 Å². The maximum Gasteiger partial charge on any atom is 0.163 e. The van der Waals surface area contributed by atoms with Gasteiger partial charge in [0.1, 0.15) is 0 Å². The molecule has 3 rings (SSSR count). The Kier molecular flexibility index (Phi) is 3.82. The Morgan fingerprint density at radius 2 is 2.16 bits per heavy atom. The lowest BCUT2D eigenvalue weighted by atomic mass is 10.3. The second-order valence-corrected chi connectivity index (χ2v) is 5.92. The number of aliphatic imine (C=N–C) groups is 1. The van der Waals surface area contributed by atoms with Crippen LogP contribution in [0.1, 0.15) is 19.8 Å². The molecule has 19 heavy (non-hydrogen) atoms. The van der Waals surface area contributed by atoms with E-state index in [-0.39, 0.29) is 0 Å². The first-order valence-corrected chi connectivity index (χ1v) is 7.61. The van der Waals surface area contributed by atoms with Gasteiger partial charge in [0.25, 0.3) is 0 Å². The van der Waals surface area contributed by atoms with Crippen molar-refractivity contribution in [3.05, 3.63) is 18.2 Å². The van der Waals surface area contributed by atoms with Crippen molar-refractivity contribution in [1.82, 2.24) is 0 Å². The zero-order valence-electron chi connectivity index (χ0n) is 11.0. The van der Waals surface area contributed by atoms with Gasteiger partial charge in [-0.3, -0.25) is 4.99 Å². The van der Waals surface area contributed by atoms with Gasteiger partial charge in [0.15, 0.2) is 16.7 Å². The Hall–Kier alpha value is -1.36. The van der Waals surface area contributed by atoms with Crippen LogP contribution in [0, 0.1) is 0 Å². The van der Waals surface area contributed by atoms with Crippen molar-refractivity contribution in [2.24, 2.45) is 4.99 Å². The molecule has 0 saturated carbocycles. The molecule has 5 heteroatoms. The van der Waals surface area contributed by atoms with Gasteiger partial charge in [-0.25, -0.2) is 0 Å². The van der Waals surface area contributed by atoms with Gasteiger partial charge < -0.3 is 14.8 Å². The van der Waals surface area contributed by atoms with Gasteiger partial charge in [0, 0.05) is 23.4 Å². The summed E-state index contributed by atoms with van der Waals surface area (Å²) in [6.07, 6.45) is 2.08. The van der Waals surface area contributed by atoms with Crippen molar-refractivity contribution in [2.45, 2.75) is 25.0 Å². The van der Waals surface area contributed by atoms with Crippen LogP contribution in [-0.2, 0) is 0 Å². The molecule has 0 spiro atoms. The zero-order valence-corrected chi connectivity index (χ0v) is 11.8. The van der Waals surface area contributed by atoms with Gasteiger partial charge >= 0.3 is 0 Å². The molecule has 1 aromatic rings. The molecule has 0 fully saturated rings. The van der Waals surface area contributed by atoms with E-state index in [1.165, 1.54) is 0 Å². The maximum absolute atomic E-state index is 5.68. The van der Waals surface area contributed by atoms with Crippen molar-refractivity contribution in [1.29, 1.82) is 0 Å². The molecule has 0 aliphatic carbocycles. The van der Waals surface area contributed by atoms with Gasteiger partial charge in [0.05, 0.1) is 19.8 Å². The van der Waals surface area contributed by atoms with Crippen molar-refractivity contribution in [3.63, 3.8) is 0 Å². The fourth-order valence-electron chi connectivity index (χ4n) is 2.06. The monoisotopic (exact) mass is 278 g/mol. The van der Waals surface area contributed by atoms with Gasteiger partial charge in [0.2, 0.25) is 0 Å². The lowest BCUT2D eigenvalue weighted by Gasteiger charge is -2.11. The standard InChI is InChI=1S/C14H18N2O2S/c1-2-11-9-15-14(19-11)16-10-4-5-12-13(8-10)18-7-3-6-17-12/h4-5,8,11H,2-3,6-7,9H2,1H3,(H,15,16). The number of benzene rings is 1. The number of nitrogens with one attached hydrogen (secondary N) is 1. The lowest BCUT2D eigenvalue weighted by Crippen LogP contribution is -2.07. The summed E-state index contributed by atoms with van der Waals surface area (Å²) in [5.41, 5.74) is 1.01. The number of hydrogen-bond donors (Lipinski definition) is 1. The molecule has 1 aromatic carbocycles. The fourth-order valence-corrected chi connectivity index (χ4v) is 3.02. The topological polar surface area (TPSA) is 42.9 Å². The first-order chi connectivity index (χ1) is 9.35. The van der Waals surface area contributed by atoms with Gasteiger partial charge in [-0.15, -0.1) is 0 Å². The smallest absolute Gasteiger partial charge is 0.163 e. The first kappa shape index (κ1) is 12.7. The Balaban J connectivity index is 1.70. The summed E-state index contributed by atoms with van der Waals surface area (Å²) in [7, 11) is 0. The van der Waals surface area contributed by atoms with Crippen LogP contribution in [0.2, 0.25) is 0 Å². The minimum absolute atomic E-state index is 0.614. The fraction of sp³-hybridized carbons (Fsp3) is 0.500. The van der Waals surface area contributed by atoms with E-state index in [9.17, 15) is 0 Å². The molecule has 2 aliphatic rings. The molecule has 0 radical (unpaired) electrons. The number of thioether (sulfide) groups is 1. The number of anilines is 1. The van der Waals surface area contributed by atoms with Gasteiger partial charge in [-0.05, 0) is 18.6 Å². The lowest BCUT2D eigenvalue weighted by molar-refractivity contribution is 0.297. The number of amidine groups is 1. The van der Waals surface area contributed by atoms with E-state index in [1.807, 2.05) is 30.0 Å². The van der Waals surface area contributed by atoms with E-state index < -0.39 is 0 Å². The predicted octanol–water partition coefficient (Wildman–Crippen LogP) is 3.14.